The van der Waals surface area contributed by atoms with Crippen LogP contribution in [-0.4, -0.2) is 41.0 Å². The van der Waals surface area contributed by atoms with Crippen molar-refractivity contribution >= 4 is 27.7 Å². The Morgan fingerprint density at radius 2 is 1.91 bits per heavy atom. The van der Waals surface area contributed by atoms with E-state index in [9.17, 15) is 17.6 Å². The molecule has 3 rings (SSSR count). The Morgan fingerprint density at radius 1 is 1.21 bits per heavy atom. The van der Waals surface area contributed by atoms with E-state index in [1.165, 1.54) is 37.5 Å². The first kappa shape index (κ1) is 24.7. The number of hydrogen-bond donors (Lipinski definition) is 0. The van der Waals surface area contributed by atoms with Gasteiger partial charge in [0.25, 0.3) is 10.0 Å². The molecule has 176 valence electrons. The van der Waals surface area contributed by atoms with Crippen LogP contribution in [-0.2, 0) is 21.3 Å². The molecule has 2 aromatic heterocycles. The number of halogens is 3. The zero-order chi connectivity index (χ0) is 24.6. The number of rotatable bonds is 5. The molecule has 0 saturated heterocycles. The molecule has 1 amide bonds. The quantitative estimate of drug-likeness (QED) is 0.459. The maximum atomic E-state index is 15.6. The molecule has 0 aliphatic heterocycles. The molecule has 2 heterocycles. The van der Waals surface area contributed by atoms with Gasteiger partial charge in [-0.05, 0) is 51.1 Å². The van der Waals surface area contributed by atoms with Gasteiger partial charge in [-0.15, -0.1) is 0 Å². The fourth-order valence-electron chi connectivity index (χ4n) is 3.01. The lowest BCUT2D eigenvalue weighted by Gasteiger charge is -2.24. The van der Waals surface area contributed by atoms with Crippen molar-refractivity contribution in [3.8, 4) is 11.3 Å². The third-order valence-electron chi connectivity index (χ3n) is 4.46. The molecule has 0 radical (unpaired) electrons. The Hall–Kier alpha value is -2.98. The summed E-state index contributed by atoms with van der Waals surface area (Å²) in [4.78, 5) is 16.9. The number of aromatic nitrogens is 2. The molecule has 0 fully saturated rings. The molecule has 0 unspecified atom stereocenters. The van der Waals surface area contributed by atoms with Gasteiger partial charge >= 0.3 is 6.09 Å². The molecule has 0 N–H and O–H groups in total. The summed E-state index contributed by atoms with van der Waals surface area (Å²) in [5.74, 6) is -1.69. The second-order valence-electron chi connectivity index (χ2n) is 8.25. The summed E-state index contributed by atoms with van der Waals surface area (Å²) >= 11 is 6.13. The van der Waals surface area contributed by atoms with E-state index in [0.29, 0.717) is 3.97 Å². The van der Waals surface area contributed by atoms with Crippen LogP contribution in [0.2, 0.25) is 5.15 Å². The van der Waals surface area contributed by atoms with Crippen molar-refractivity contribution < 1.29 is 26.7 Å². The third-order valence-corrected chi connectivity index (χ3v) is 6.42. The van der Waals surface area contributed by atoms with Gasteiger partial charge < -0.3 is 9.64 Å². The minimum absolute atomic E-state index is 0.0165. The van der Waals surface area contributed by atoms with Gasteiger partial charge in [0, 0.05) is 30.6 Å². The first-order valence-corrected chi connectivity index (χ1v) is 11.6. The normalized spacial score (nSPS) is 12.0. The lowest BCUT2D eigenvalue weighted by Crippen LogP contribution is -2.33. The molecule has 0 bridgehead atoms. The van der Waals surface area contributed by atoms with E-state index < -0.39 is 33.4 Å². The van der Waals surface area contributed by atoms with Crippen LogP contribution in [0.1, 0.15) is 26.3 Å². The smallest absolute Gasteiger partial charge is 0.410 e. The van der Waals surface area contributed by atoms with Crippen molar-refractivity contribution in [2.75, 3.05) is 7.05 Å². The van der Waals surface area contributed by atoms with Crippen LogP contribution < -0.4 is 0 Å². The predicted octanol–water partition coefficient (Wildman–Crippen LogP) is 5.09. The average Bonchev–Trinajstić information content (AvgIpc) is 3.04. The Morgan fingerprint density at radius 3 is 2.52 bits per heavy atom. The molecule has 3 aromatic rings. The number of benzene rings is 1. The number of carbonyl (C=O) groups excluding carboxylic acids is 1. The van der Waals surface area contributed by atoms with Crippen LogP contribution in [0.25, 0.3) is 11.3 Å². The molecule has 11 heteroatoms. The fourth-order valence-corrected chi connectivity index (χ4v) is 4.64. The maximum Gasteiger partial charge on any atom is 0.410 e. The third kappa shape index (κ3) is 5.33. The van der Waals surface area contributed by atoms with Crippen LogP contribution in [0.3, 0.4) is 0 Å². The van der Waals surface area contributed by atoms with Gasteiger partial charge in [0.05, 0.1) is 11.4 Å². The lowest BCUT2D eigenvalue weighted by molar-refractivity contribution is 0.0284. The zero-order valence-electron chi connectivity index (χ0n) is 18.3. The standard InChI is InChI=1S/C22H22ClF2N3O4S/c1-22(2,3)32-21(29)27(4)12-14-13-28(33(30,31)16-8-5-7-15(24)11-16)19(18(14)25)17-9-6-10-26-20(17)23/h5-11,13H,12H2,1-4H3. The number of nitrogens with zero attached hydrogens (tertiary/aromatic N) is 3. The van der Waals surface area contributed by atoms with Gasteiger partial charge in [0.15, 0.2) is 5.82 Å². The van der Waals surface area contributed by atoms with Crippen LogP contribution in [0.5, 0.6) is 0 Å². The highest BCUT2D eigenvalue weighted by molar-refractivity contribution is 7.90. The Balaban J connectivity index is 2.15. The minimum atomic E-state index is -4.43. The number of hydrogen-bond acceptors (Lipinski definition) is 5. The summed E-state index contributed by atoms with van der Waals surface area (Å²) in [5, 5.41) is -0.128. The minimum Gasteiger partial charge on any atom is -0.444 e. The second-order valence-corrected chi connectivity index (χ2v) is 10.4. The molecule has 33 heavy (non-hydrogen) atoms. The van der Waals surface area contributed by atoms with E-state index in [1.807, 2.05) is 0 Å². The van der Waals surface area contributed by atoms with Gasteiger partial charge in [0.1, 0.15) is 22.3 Å². The monoisotopic (exact) mass is 497 g/mol. The lowest BCUT2D eigenvalue weighted by atomic mass is 10.2. The molecule has 0 atom stereocenters. The summed E-state index contributed by atoms with van der Waals surface area (Å²) in [7, 11) is -3.04. The van der Waals surface area contributed by atoms with Gasteiger partial charge in [-0.3, -0.25) is 0 Å². The van der Waals surface area contributed by atoms with Gasteiger partial charge in [-0.1, -0.05) is 17.7 Å². The van der Waals surface area contributed by atoms with E-state index in [1.54, 1.807) is 20.8 Å². The molecule has 7 nitrogen and oxygen atoms in total. The highest BCUT2D eigenvalue weighted by atomic mass is 35.5. The molecule has 0 aliphatic rings. The van der Waals surface area contributed by atoms with E-state index in [2.05, 4.69) is 4.98 Å². The topological polar surface area (TPSA) is 81.5 Å². The predicted molar refractivity (Wildman–Crippen MR) is 119 cm³/mol. The fraction of sp³-hybridized carbons (Fsp3) is 0.273. The van der Waals surface area contributed by atoms with Crippen LogP contribution in [0.15, 0.2) is 53.7 Å². The van der Waals surface area contributed by atoms with Gasteiger partial charge in [-0.25, -0.2) is 30.9 Å². The van der Waals surface area contributed by atoms with Gasteiger partial charge in [-0.2, -0.15) is 0 Å². The van der Waals surface area contributed by atoms with Crippen molar-refractivity contribution in [2.45, 2.75) is 37.8 Å². The number of pyridine rings is 1. The summed E-state index contributed by atoms with van der Waals surface area (Å²) in [6.07, 6.45) is 1.69. The highest BCUT2D eigenvalue weighted by Crippen LogP contribution is 2.34. The number of ether oxygens (including phenoxy) is 1. The van der Waals surface area contributed by atoms with Crippen LogP contribution in [0.4, 0.5) is 13.6 Å². The van der Waals surface area contributed by atoms with Crippen molar-refractivity contribution in [2.24, 2.45) is 0 Å². The Bertz CT molecular complexity index is 1300. The largest absolute Gasteiger partial charge is 0.444 e. The SMILES string of the molecule is CN(Cc1cn(S(=O)(=O)c2cccc(F)c2)c(-c2cccnc2Cl)c1F)C(=O)OC(C)(C)C. The molecule has 0 aliphatic carbocycles. The Labute approximate surface area is 195 Å². The van der Waals surface area contributed by atoms with Crippen LogP contribution >= 0.6 is 11.6 Å². The van der Waals surface area contributed by atoms with E-state index in [0.717, 1.165) is 23.2 Å². The first-order chi connectivity index (χ1) is 15.3. The molecule has 0 spiro atoms. The van der Waals surface area contributed by atoms with Crippen LogP contribution in [0, 0.1) is 11.6 Å². The average molecular weight is 498 g/mol. The van der Waals surface area contributed by atoms with E-state index in [4.69, 9.17) is 16.3 Å². The number of amides is 1. The van der Waals surface area contributed by atoms with E-state index in [-0.39, 0.29) is 33.4 Å². The van der Waals surface area contributed by atoms with Crippen molar-refractivity contribution in [1.29, 1.82) is 0 Å². The first-order valence-electron chi connectivity index (χ1n) is 9.77. The molecule has 1 aromatic carbocycles. The van der Waals surface area contributed by atoms with Crippen molar-refractivity contribution in [1.82, 2.24) is 13.9 Å². The number of carbonyl (C=O) groups is 1. The summed E-state index contributed by atoms with van der Waals surface area (Å²) in [5.41, 5.74) is -1.25. The summed E-state index contributed by atoms with van der Waals surface area (Å²) in [6.45, 7) is 4.76. The maximum absolute atomic E-state index is 15.6. The summed E-state index contributed by atoms with van der Waals surface area (Å²) in [6, 6.07) is 7.23. The molecular formula is C22H22ClF2N3O4S. The van der Waals surface area contributed by atoms with Crippen molar-refractivity contribution in [3.63, 3.8) is 0 Å². The van der Waals surface area contributed by atoms with E-state index >= 15 is 4.39 Å². The molecule has 0 saturated carbocycles. The molecular weight excluding hydrogens is 476 g/mol. The van der Waals surface area contributed by atoms with Crippen molar-refractivity contribution in [3.05, 3.63) is 71.1 Å². The second kappa shape index (κ2) is 9.11. The highest BCUT2D eigenvalue weighted by Gasteiger charge is 2.30. The zero-order valence-corrected chi connectivity index (χ0v) is 19.9. The Kier molecular flexibility index (Phi) is 6.80. The summed E-state index contributed by atoms with van der Waals surface area (Å²) < 4.78 is 62.0. The van der Waals surface area contributed by atoms with Gasteiger partial charge in [0.2, 0.25) is 0 Å².